The molecule has 0 saturated heterocycles. The van der Waals surface area contributed by atoms with Crippen molar-refractivity contribution >= 4 is 9.24 Å². The molecule has 0 radical (unpaired) electrons. The number of hydrogen-bond acceptors (Lipinski definition) is 0. The van der Waals surface area contributed by atoms with E-state index in [4.69, 9.17) is 0 Å². The Morgan fingerprint density at radius 1 is 1.50 bits per heavy atom. The second-order valence-electron chi connectivity index (χ2n) is 4.33. The third-order valence-corrected chi connectivity index (χ3v) is 3.43. The first-order chi connectivity index (χ1) is 5.45. The molecular formula is C11H23P. The topological polar surface area (TPSA) is 0 Å². The summed E-state index contributed by atoms with van der Waals surface area (Å²) in [5.74, 6) is 0.741. The summed E-state index contributed by atoms with van der Waals surface area (Å²) in [4.78, 5) is 0. The van der Waals surface area contributed by atoms with E-state index in [9.17, 15) is 0 Å². The van der Waals surface area contributed by atoms with E-state index in [1.165, 1.54) is 6.42 Å². The Morgan fingerprint density at radius 2 is 2.00 bits per heavy atom. The van der Waals surface area contributed by atoms with Gasteiger partial charge in [-0.05, 0) is 23.4 Å². The van der Waals surface area contributed by atoms with Gasteiger partial charge in [0.15, 0.2) is 0 Å². The van der Waals surface area contributed by atoms with Crippen LogP contribution in [0.1, 0.15) is 40.5 Å². The highest BCUT2D eigenvalue weighted by atomic mass is 31.0. The molecule has 0 aromatic rings. The van der Waals surface area contributed by atoms with Crippen LogP contribution in [0.15, 0.2) is 12.7 Å². The van der Waals surface area contributed by atoms with Crippen molar-refractivity contribution in [2.75, 3.05) is 0 Å². The Bertz CT molecular complexity index is 136. The van der Waals surface area contributed by atoms with E-state index in [0.29, 0.717) is 11.1 Å². The SMILES string of the molecule is C=CCC(C(C)P)C(C)(C)CC. The van der Waals surface area contributed by atoms with E-state index in [1.54, 1.807) is 0 Å². The van der Waals surface area contributed by atoms with Crippen LogP contribution in [0.2, 0.25) is 0 Å². The summed E-state index contributed by atoms with van der Waals surface area (Å²) < 4.78 is 0. The molecule has 0 rings (SSSR count). The Kier molecular flexibility index (Phi) is 5.09. The largest absolute Gasteiger partial charge is 0.134 e. The summed E-state index contributed by atoms with van der Waals surface area (Å²) in [5, 5.41) is 0. The van der Waals surface area contributed by atoms with E-state index < -0.39 is 0 Å². The first-order valence-corrected chi connectivity index (χ1v) is 5.48. The van der Waals surface area contributed by atoms with Crippen molar-refractivity contribution in [2.45, 2.75) is 46.2 Å². The molecule has 0 aliphatic heterocycles. The molecule has 0 spiro atoms. The van der Waals surface area contributed by atoms with Crippen LogP contribution in [0.5, 0.6) is 0 Å². The molecule has 0 nitrogen and oxygen atoms in total. The number of allylic oxidation sites excluding steroid dienone is 1. The lowest BCUT2D eigenvalue weighted by molar-refractivity contribution is 0.204. The maximum atomic E-state index is 3.82. The lowest BCUT2D eigenvalue weighted by Crippen LogP contribution is -2.28. The van der Waals surface area contributed by atoms with Gasteiger partial charge < -0.3 is 0 Å². The molecule has 0 bridgehead atoms. The smallest absolute Gasteiger partial charge is 0.0256 e. The number of hydrogen-bond donors (Lipinski definition) is 0. The molecule has 3 atom stereocenters. The molecule has 0 amide bonds. The van der Waals surface area contributed by atoms with E-state index in [-0.39, 0.29) is 0 Å². The maximum absolute atomic E-state index is 3.82. The minimum absolute atomic E-state index is 0.440. The molecular weight excluding hydrogens is 163 g/mol. The van der Waals surface area contributed by atoms with Crippen molar-refractivity contribution in [3.05, 3.63) is 12.7 Å². The molecule has 0 aliphatic rings. The summed E-state index contributed by atoms with van der Waals surface area (Å²) in [6.45, 7) is 13.1. The summed E-state index contributed by atoms with van der Waals surface area (Å²) in [5.41, 5.74) is 1.12. The maximum Gasteiger partial charge on any atom is -0.0256 e. The van der Waals surface area contributed by atoms with Crippen molar-refractivity contribution in [3.63, 3.8) is 0 Å². The third kappa shape index (κ3) is 3.27. The third-order valence-electron chi connectivity index (χ3n) is 2.97. The molecule has 0 aliphatic carbocycles. The van der Waals surface area contributed by atoms with Gasteiger partial charge in [0.1, 0.15) is 0 Å². The highest BCUT2D eigenvalue weighted by molar-refractivity contribution is 7.17. The first kappa shape index (κ1) is 12.2. The summed E-state index contributed by atoms with van der Waals surface area (Å²) in [6, 6.07) is 0. The van der Waals surface area contributed by atoms with E-state index in [2.05, 4.69) is 43.5 Å². The highest BCUT2D eigenvalue weighted by Gasteiger charge is 2.28. The van der Waals surface area contributed by atoms with Crippen LogP contribution in [0.4, 0.5) is 0 Å². The molecule has 3 unspecified atom stereocenters. The first-order valence-electron chi connectivity index (χ1n) is 4.82. The molecule has 72 valence electrons. The van der Waals surface area contributed by atoms with Gasteiger partial charge >= 0.3 is 0 Å². The van der Waals surface area contributed by atoms with Crippen molar-refractivity contribution in [3.8, 4) is 0 Å². The van der Waals surface area contributed by atoms with Crippen LogP contribution in [0.25, 0.3) is 0 Å². The van der Waals surface area contributed by atoms with Crippen LogP contribution < -0.4 is 0 Å². The fourth-order valence-electron chi connectivity index (χ4n) is 1.69. The predicted molar refractivity (Wildman–Crippen MR) is 61.5 cm³/mol. The van der Waals surface area contributed by atoms with Gasteiger partial charge in [-0.25, -0.2) is 0 Å². The van der Waals surface area contributed by atoms with Crippen molar-refractivity contribution in [1.82, 2.24) is 0 Å². The van der Waals surface area contributed by atoms with Gasteiger partial charge in [-0.3, -0.25) is 0 Å². The molecule has 0 fully saturated rings. The Labute approximate surface area is 80.0 Å². The van der Waals surface area contributed by atoms with Gasteiger partial charge in [0.2, 0.25) is 0 Å². The quantitative estimate of drug-likeness (QED) is 0.451. The summed E-state index contributed by atoms with van der Waals surface area (Å²) >= 11 is 0. The van der Waals surface area contributed by atoms with Gasteiger partial charge in [0.25, 0.3) is 0 Å². The van der Waals surface area contributed by atoms with Crippen molar-refractivity contribution in [1.29, 1.82) is 0 Å². The van der Waals surface area contributed by atoms with Crippen LogP contribution in [-0.4, -0.2) is 5.66 Å². The molecule has 0 saturated carbocycles. The minimum Gasteiger partial charge on any atom is -0.134 e. The van der Waals surface area contributed by atoms with Crippen LogP contribution in [-0.2, 0) is 0 Å². The predicted octanol–water partition coefficient (Wildman–Crippen LogP) is 3.88. The zero-order valence-corrected chi connectivity index (χ0v) is 10.1. The average molecular weight is 186 g/mol. The van der Waals surface area contributed by atoms with Gasteiger partial charge in [-0.1, -0.05) is 40.2 Å². The van der Waals surface area contributed by atoms with Gasteiger partial charge in [-0.2, -0.15) is 0 Å². The highest BCUT2D eigenvalue weighted by Crippen LogP contribution is 2.37. The molecule has 0 N–H and O–H groups in total. The molecule has 0 aromatic carbocycles. The zero-order valence-electron chi connectivity index (χ0n) is 8.93. The van der Waals surface area contributed by atoms with Crippen molar-refractivity contribution < 1.29 is 0 Å². The normalized spacial score (nSPS) is 17.1. The molecule has 1 heteroatoms. The molecule has 12 heavy (non-hydrogen) atoms. The van der Waals surface area contributed by atoms with Crippen molar-refractivity contribution in [2.24, 2.45) is 11.3 Å². The Balaban J connectivity index is 4.37. The Morgan fingerprint density at radius 3 is 2.25 bits per heavy atom. The molecule has 0 heterocycles. The lowest BCUT2D eigenvalue weighted by atomic mass is 9.73. The standard InChI is InChI=1S/C11H23P/c1-6-8-10(9(3)12)11(4,5)7-2/h6,9-10H,1,7-8,12H2,2-5H3. The van der Waals surface area contributed by atoms with E-state index in [0.717, 1.165) is 12.3 Å². The van der Waals surface area contributed by atoms with Crippen LogP contribution >= 0.6 is 9.24 Å². The van der Waals surface area contributed by atoms with Gasteiger partial charge in [-0.15, -0.1) is 15.8 Å². The second-order valence-corrected chi connectivity index (χ2v) is 5.38. The fourth-order valence-corrected chi connectivity index (χ4v) is 2.37. The van der Waals surface area contributed by atoms with E-state index >= 15 is 0 Å². The summed E-state index contributed by atoms with van der Waals surface area (Å²) in [6.07, 6.45) is 4.42. The van der Waals surface area contributed by atoms with Gasteiger partial charge in [0.05, 0.1) is 0 Å². The second kappa shape index (κ2) is 5.02. The molecule has 0 aromatic heterocycles. The van der Waals surface area contributed by atoms with Gasteiger partial charge in [0, 0.05) is 0 Å². The summed E-state index contributed by atoms with van der Waals surface area (Å²) in [7, 11) is 2.92. The minimum atomic E-state index is 0.440. The Hall–Kier alpha value is 0.170. The zero-order chi connectivity index (χ0) is 9.78. The van der Waals surface area contributed by atoms with E-state index in [1.807, 2.05) is 6.08 Å². The average Bonchev–Trinajstić information content (AvgIpc) is 1.99. The van der Waals surface area contributed by atoms with Crippen LogP contribution in [0.3, 0.4) is 0 Å². The van der Waals surface area contributed by atoms with Crippen LogP contribution in [0, 0.1) is 11.3 Å². The lowest BCUT2D eigenvalue weighted by Gasteiger charge is -2.35. The fraction of sp³-hybridized carbons (Fsp3) is 0.818. The number of rotatable bonds is 5. The monoisotopic (exact) mass is 186 g/mol.